The standard InChI is InChI=1S/C15H14ClNO2/c1-17-15(19)13-9-11(16)7-8-12(13)14(18)10-5-3-2-4-6-10/h2-9,14,18H,1H3,(H,17,19). The number of rotatable bonds is 3. The Labute approximate surface area is 116 Å². The molecule has 0 saturated heterocycles. The van der Waals surface area contributed by atoms with Crippen molar-refractivity contribution in [1.29, 1.82) is 0 Å². The zero-order valence-electron chi connectivity index (χ0n) is 10.4. The Hall–Kier alpha value is -1.84. The molecule has 0 spiro atoms. The highest BCUT2D eigenvalue weighted by atomic mass is 35.5. The molecule has 0 bridgehead atoms. The van der Waals surface area contributed by atoms with Crippen molar-refractivity contribution in [2.75, 3.05) is 7.05 Å². The van der Waals surface area contributed by atoms with Gasteiger partial charge in [-0.15, -0.1) is 0 Å². The summed E-state index contributed by atoms with van der Waals surface area (Å²) in [6.07, 6.45) is -0.856. The zero-order chi connectivity index (χ0) is 13.8. The first-order valence-corrected chi connectivity index (χ1v) is 6.26. The average molecular weight is 276 g/mol. The Balaban J connectivity index is 2.47. The summed E-state index contributed by atoms with van der Waals surface area (Å²) in [5.41, 5.74) is 1.65. The van der Waals surface area contributed by atoms with E-state index < -0.39 is 6.10 Å². The van der Waals surface area contributed by atoms with Crippen molar-refractivity contribution in [3.63, 3.8) is 0 Å². The number of aliphatic hydroxyl groups is 1. The third-order valence-electron chi connectivity index (χ3n) is 2.90. The summed E-state index contributed by atoms with van der Waals surface area (Å²) >= 11 is 5.91. The van der Waals surface area contributed by atoms with Crippen LogP contribution >= 0.6 is 11.6 Å². The van der Waals surface area contributed by atoms with E-state index in [0.29, 0.717) is 16.1 Å². The molecule has 0 saturated carbocycles. The third-order valence-corrected chi connectivity index (χ3v) is 3.13. The van der Waals surface area contributed by atoms with Gasteiger partial charge in [0, 0.05) is 17.6 Å². The van der Waals surface area contributed by atoms with Gasteiger partial charge in [-0.2, -0.15) is 0 Å². The Morgan fingerprint density at radius 1 is 1.21 bits per heavy atom. The summed E-state index contributed by atoms with van der Waals surface area (Å²) in [7, 11) is 1.54. The molecule has 0 heterocycles. The predicted molar refractivity (Wildman–Crippen MR) is 75.3 cm³/mol. The molecule has 0 radical (unpaired) electrons. The van der Waals surface area contributed by atoms with E-state index in [2.05, 4.69) is 5.32 Å². The second kappa shape index (κ2) is 5.87. The third kappa shape index (κ3) is 2.95. The molecule has 2 rings (SSSR count). The molecule has 1 amide bonds. The van der Waals surface area contributed by atoms with Crippen LogP contribution in [0.5, 0.6) is 0 Å². The summed E-state index contributed by atoms with van der Waals surface area (Å²) in [6.45, 7) is 0. The molecule has 98 valence electrons. The highest BCUT2D eigenvalue weighted by molar-refractivity contribution is 6.31. The van der Waals surface area contributed by atoms with Gasteiger partial charge in [-0.1, -0.05) is 48.0 Å². The zero-order valence-corrected chi connectivity index (χ0v) is 11.2. The quantitative estimate of drug-likeness (QED) is 0.905. The predicted octanol–water partition coefficient (Wildman–Crippen LogP) is 2.78. The molecule has 0 fully saturated rings. The lowest BCUT2D eigenvalue weighted by Crippen LogP contribution is -2.20. The fraction of sp³-hybridized carbons (Fsp3) is 0.133. The van der Waals surface area contributed by atoms with E-state index in [4.69, 9.17) is 11.6 Å². The lowest BCUT2D eigenvalue weighted by Gasteiger charge is -2.15. The van der Waals surface area contributed by atoms with Crippen molar-refractivity contribution < 1.29 is 9.90 Å². The molecule has 3 nitrogen and oxygen atoms in total. The van der Waals surface area contributed by atoms with E-state index in [1.807, 2.05) is 30.3 Å². The normalized spacial score (nSPS) is 11.9. The van der Waals surface area contributed by atoms with Gasteiger partial charge in [-0.3, -0.25) is 4.79 Å². The largest absolute Gasteiger partial charge is 0.384 e. The Morgan fingerprint density at radius 3 is 2.53 bits per heavy atom. The van der Waals surface area contributed by atoms with Crippen LogP contribution in [0.1, 0.15) is 27.6 Å². The number of carbonyl (C=O) groups is 1. The summed E-state index contributed by atoms with van der Waals surface area (Å²) in [6, 6.07) is 14.1. The van der Waals surface area contributed by atoms with Crippen molar-refractivity contribution in [3.05, 3.63) is 70.2 Å². The highest BCUT2D eigenvalue weighted by Gasteiger charge is 2.18. The van der Waals surface area contributed by atoms with Gasteiger partial charge in [0.1, 0.15) is 6.10 Å². The van der Waals surface area contributed by atoms with Crippen molar-refractivity contribution >= 4 is 17.5 Å². The number of benzene rings is 2. The molecule has 0 aliphatic rings. The van der Waals surface area contributed by atoms with Crippen LogP contribution in [-0.4, -0.2) is 18.1 Å². The van der Waals surface area contributed by atoms with Crippen LogP contribution in [-0.2, 0) is 0 Å². The molecule has 0 aromatic heterocycles. The van der Waals surface area contributed by atoms with Crippen molar-refractivity contribution in [2.45, 2.75) is 6.10 Å². The molecule has 0 aliphatic heterocycles. The maximum atomic E-state index is 11.8. The monoisotopic (exact) mass is 275 g/mol. The van der Waals surface area contributed by atoms with Gasteiger partial charge in [0.2, 0.25) is 0 Å². The molecule has 4 heteroatoms. The lowest BCUT2D eigenvalue weighted by molar-refractivity contribution is 0.0958. The summed E-state index contributed by atoms with van der Waals surface area (Å²) < 4.78 is 0. The molecule has 1 atom stereocenters. The van der Waals surface area contributed by atoms with Gasteiger partial charge in [0.25, 0.3) is 5.91 Å². The summed E-state index contributed by atoms with van der Waals surface area (Å²) in [5, 5.41) is 13.4. The van der Waals surface area contributed by atoms with Crippen molar-refractivity contribution in [3.8, 4) is 0 Å². The Kier molecular flexibility index (Phi) is 4.20. The first-order valence-electron chi connectivity index (χ1n) is 5.88. The fourth-order valence-corrected chi connectivity index (χ4v) is 2.09. The number of halogens is 1. The minimum absolute atomic E-state index is 0.271. The Morgan fingerprint density at radius 2 is 1.89 bits per heavy atom. The maximum Gasteiger partial charge on any atom is 0.251 e. The first kappa shape index (κ1) is 13.6. The van der Waals surface area contributed by atoms with Crippen LogP contribution in [0, 0.1) is 0 Å². The van der Waals surface area contributed by atoms with E-state index >= 15 is 0 Å². The van der Waals surface area contributed by atoms with Gasteiger partial charge in [-0.25, -0.2) is 0 Å². The number of hydrogen-bond donors (Lipinski definition) is 2. The highest BCUT2D eigenvalue weighted by Crippen LogP contribution is 2.27. The Bertz CT molecular complexity index is 584. The number of aliphatic hydroxyl groups excluding tert-OH is 1. The van der Waals surface area contributed by atoms with Crippen LogP contribution in [0.4, 0.5) is 0 Å². The average Bonchev–Trinajstić information content (AvgIpc) is 2.46. The molecule has 19 heavy (non-hydrogen) atoms. The van der Waals surface area contributed by atoms with Crippen LogP contribution in [0.25, 0.3) is 0 Å². The topological polar surface area (TPSA) is 49.3 Å². The number of amides is 1. The van der Waals surface area contributed by atoms with E-state index in [0.717, 1.165) is 5.56 Å². The summed E-state index contributed by atoms with van der Waals surface area (Å²) in [4.78, 5) is 11.8. The van der Waals surface area contributed by atoms with Gasteiger partial charge < -0.3 is 10.4 Å². The van der Waals surface area contributed by atoms with Gasteiger partial charge in [0.05, 0.1) is 0 Å². The molecule has 0 aliphatic carbocycles. The lowest BCUT2D eigenvalue weighted by atomic mass is 9.96. The van der Waals surface area contributed by atoms with Crippen LogP contribution in [0.2, 0.25) is 5.02 Å². The fourth-order valence-electron chi connectivity index (χ4n) is 1.91. The van der Waals surface area contributed by atoms with Gasteiger partial charge >= 0.3 is 0 Å². The van der Waals surface area contributed by atoms with E-state index in [9.17, 15) is 9.90 Å². The van der Waals surface area contributed by atoms with Crippen LogP contribution in [0.3, 0.4) is 0 Å². The first-order chi connectivity index (χ1) is 9.13. The van der Waals surface area contributed by atoms with Crippen molar-refractivity contribution in [1.82, 2.24) is 5.32 Å². The van der Waals surface area contributed by atoms with Crippen LogP contribution < -0.4 is 5.32 Å². The molecule has 2 aromatic rings. The van der Waals surface area contributed by atoms with Gasteiger partial charge in [0.15, 0.2) is 0 Å². The molecular weight excluding hydrogens is 262 g/mol. The van der Waals surface area contributed by atoms with Crippen molar-refractivity contribution in [2.24, 2.45) is 0 Å². The molecular formula is C15H14ClNO2. The van der Waals surface area contributed by atoms with Crippen LogP contribution in [0.15, 0.2) is 48.5 Å². The van der Waals surface area contributed by atoms with E-state index in [-0.39, 0.29) is 5.91 Å². The van der Waals surface area contributed by atoms with E-state index in [1.165, 1.54) is 0 Å². The molecule has 2 N–H and O–H groups in total. The number of carbonyl (C=O) groups excluding carboxylic acids is 1. The smallest absolute Gasteiger partial charge is 0.251 e. The minimum Gasteiger partial charge on any atom is -0.384 e. The molecule has 2 aromatic carbocycles. The minimum atomic E-state index is -0.856. The van der Waals surface area contributed by atoms with Gasteiger partial charge in [-0.05, 0) is 23.3 Å². The summed E-state index contributed by atoms with van der Waals surface area (Å²) in [5.74, 6) is -0.271. The SMILES string of the molecule is CNC(=O)c1cc(Cl)ccc1C(O)c1ccccc1. The molecule has 1 unspecified atom stereocenters. The second-order valence-electron chi connectivity index (χ2n) is 4.12. The number of nitrogens with one attached hydrogen (secondary N) is 1. The maximum absolute atomic E-state index is 11.8. The second-order valence-corrected chi connectivity index (χ2v) is 4.56. The van der Waals surface area contributed by atoms with E-state index in [1.54, 1.807) is 25.2 Å². The number of hydrogen-bond acceptors (Lipinski definition) is 2.